The van der Waals surface area contributed by atoms with E-state index in [1.54, 1.807) is 20.8 Å². The molecule has 3 nitrogen and oxygen atoms in total. The van der Waals surface area contributed by atoms with E-state index in [9.17, 15) is 9.59 Å². The van der Waals surface area contributed by atoms with Crippen molar-refractivity contribution >= 4 is 11.6 Å². The van der Waals surface area contributed by atoms with Gasteiger partial charge in [0.1, 0.15) is 0 Å². The van der Waals surface area contributed by atoms with Crippen molar-refractivity contribution in [3.05, 3.63) is 22.3 Å². The van der Waals surface area contributed by atoms with Crippen molar-refractivity contribution in [3.8, 4) is 0 Å². The zero-order chi connectivity index (χ0) is 17.2. The van der Waals surface area contributed by atoms with Gasteiger partial charge >= 0.3 is 0 Å². The highest BCUT2D eigenvalue weighted by molar-refractivity contribution is 6.24. The lowest BCUT2D eigenvalue weighted by Crippen LogP contribution is -2.20. The van der Waals surface area contributed by atoms with Gasteiger partial charge in [-0.1, -0.05) is 32.6 Å². The zero-order valence-corrected chi connectivity index (χ0v) is 15.3. The van der Waals surface area contributed by atoms with Gasteiger partial charge in [0.15, 0.2) is 11.6 Å². The largest absolute Gasteiger partial charge is 0.381 e. The number of carbonyl (C=O) groups excluding carboxylic acids is 2. The summed E-state index contributed by atoms with van der Waals surface area (Å²) >= 11 is 0. The van der Waals surface area contributed by atoms with Gasteiger partial charge in [-0.2, -0.15) is 0 Å². The molecule has 0 spiro atoms. The summed E-state index contributed by atoms with van der Waals surface area (Å²) < 4.78 is 5.46. The third-order valence-electron chi connectivity index (χ3n) is 4.62. The van der Waals surface area contributed by atoms with E-state index in [0.29, 0.717) is 16.7 Å². The maximum absolute atomic E-state index is 12.3. The molecule has 23 heavy (non-hydrogen) atoms. The topological polar surface area (TPSA) is 43.4 Å². The van der Waals surface area contributed by atoms with E-state index in [0.717, 1.165) is 50.9 Å². The number of rotatable bonds is 11. The molecule has 0 amide bonds. The van der Waals surface area contributed by atoms with E-state index >= 15 is 0 Å². The fourth-order valence-corrected chi connectivity index (χ4v) is 2.92. The lowest BCUT2D eigenvalue weighted by Gasteiger charge is -2.18. The first-order valence-electron chi connectivity index (χ1n) is 9.05. The average Bonchev–Trinajstić information content (AvgIpc) is 2.55. The molecule has 1 aliphatic carbocycles. The highest BCUT2D eigenvalue weighted by Crippen LogP contribution is 2.27. The molecule has 1 aliphatic rings. The molecule has 0 radical (unpaired) electrons. The highest BCUT2D eigenvalue weighted by atomic mass is 16.5. The Balaban J connectivity index is 2.21. The van der Waals surface area contributed by atoms with E-state index < -0.39 is 0 Å². The van der Waals surface area contributed by atoms with Gasteiger partial charge in [0, 0.05) is 35.5 Å². The van der Waals surface area contributed by atoms with E-state index in [1.807, 2.05) is 0 Å². The Bertz CT molecular complexity index is 483. The molecule has 0 aromatic rings. The summed E-state index contributed by atoms with van der Waals surface area (Å²) in [5, 5.41) is 0. The number of Topliss-reactive ketones (excluding diaryl/α,β-unsaturated/α-hetero) is 2. The van der Waals surface area contributed by atoms with Gasteiger partial charge in [0.2, 0.25) is 0 Å². The third kappa shape index (κ3) is 6.06. The first kappa shape index (κ1) is 19.8. The zero-order valence-electron chi connectivity index (χ0n) is 15.3. The summed E-state index contributed by atoms with van der Waals surface area (Å²) in [5.41, 5.74) is 2.64. The van der Waals surface area contributed by atoms with Crippen LogP contribution in [-0.2, 0) is 14.3 Å². The van der Waals surface area contributed by atoms with Crippen LogP contribution in [0.1, 0.15) is 79.1 Å². The maximum Gasteiger partial charge on any atom is 0.185 e. The Hall–Kier alpha value is -1.22. The Kier molecular flexibility index (Phi) is 9.08. The Morgan fingerprint density at radius 2 is 1.26 bits per heavy atom. The van der Waals surface area contributed by atoms with Crippen molar-refractivity contribution in [2.75, 3.05) is 13.2 Å². The minimum Gasteiger partial charge on any atom is -0.381 e. The molecule has 0 saturated carbocycles. The molecule has 0 heterocycles. The summed E-state index contributed by atoms with van der Waals surface area (Å²) in [7, 11) is 0. The molecule has 0 N–H and O–H groups in total. The number of ketones is 2. The molecule has 0 unspecified atom stereocenters. The predicted molar refractivity (Wildman–Crippen MR) is 94.5 cm³/mol. The van der Waals surface area contributed by atoms with Crippen LogP contribution in [0.2, 0.25) is 0 Å². The molecule has 0 aromatic carbocycles. The molecule has 0 aliphatic heterocycles. The number of hydrogen-bond acceptors (Lipinski definition) is 3. The van der Waals surface area contributed by atoms with E-state index in [4.69, 9.17) is 4.74 Å². The van der Waals surface area contributed by atoms with Crippen molar-refractivity contribution in [2.24, 2.45) is 0 Å². The Morgan fingerprint density at radius 3 is 1.91 bits per heavy atom. The second kappa shape index (κ2) is 10.5. The number of unbranched alkanes of at least 4 members (excludes halogenated alkanes) is 5. The van der Waals surface area contributed by atoms with Gasteiger partial charge in [-0.15, -0.1) is 0 Å². The second-order valence-corrected chi connectivity index (χ2v) is 6.50. The average molecular weight is 320 g/mol. The molecular formula is C20H32O3. The molecule has 0 bridgehead atoms. The fraction of sp³-hybridized carbons (Fsp3) is 0.700. The van der Waals surface area contributed by atoms with Crippen LogP contribution in [0, 0.1) is 0 Å². The van der Waals surface area contributed by atoms with E-state index in [-0.39, 0.29) is 11.6 Å². The van der Waals surface area contributed by atoms with Crippen LogP contribution in [0.5, 0.6) is 0 Å². The van der Waals surface area contributed by atoms with Gasteiger partial charge in [-0.05, 0) is 46.5 Å². The van der Waals surface area contributed by atoms with Crippen molar-refractivity contribution < 1.29 is 14.3 Å². The Labute approximate surface area is 141 Å². The lowest BCUT2D eigenvalue weighted by atomic mass is 9.84. The van der Waals surface area contributed by atoms with E-state index in [1.165, 1.54) is 19.3 Å². The number of hydrogen-bond donors (Lipinski definition) is 0. The van der Waals surface area contributed by atoms with Crippen LogP contribution in [-0.4, -0.2) is 24.8 Å². The first-order chi connectivity index (χ1) is 11.0. The maximum atomic E-state index is 12.3. The van der Waals surface area contributed by atoms with Gasteiger partial charge < -0.3 is 4.74 Å². The minimum atomic E-state index is 0.0455. The van der Waals surface area contributed by atoms with Crippen molar-refractivity contribution in [2.45, 2.75) is 79.1 Å². The summed E-state index contributed by atoms with van der Waals surface area (Å²) in [5.74, 6) is 0.122. The lowest BCUT2D eigenvalue weighted by molar-refractivity contribution is -0.116. The van der Waals surface area contributed by atoms with Crippen LogP contribution in [0.15, 0.2) is 22.3 Å². The van der Waals surface area contributed by atoms with Crippen LogP contribution in [0.3, 0.4) is 0 Å². The van der Waals surface area contributed by atoms with Gasteiger partial charge in [0.25, 0.3) is 0 Å². The van der Waals surface area contributed by atoms with Crippen LogP contribution >= 0.6 is 0 Å². The van der Waals surface area contributed by atoms with Crippen molar-refractivity contribution in [1.82, 2.24) is 0 Å². The Morgan fingerprint density at radius 1 is 0.696 bits per heavy atom. The number of ether oxygens (including phenoxy) is 1. The number of allylic oxidation sites excluding steroid dienone is 4. The summed E-state index contributed by atoms with van der Waals surface area (Å²) in [6.45, 7) is 9.18. The fourth-order valence-electron chi connectivity index (χ4n) is 2.92. The monoisotopic (exact) mass is 320 g/mol. The third-order valence-corrected chi connectivity index (χ3v) is 4.62. The summed E-state index contributed by atoms with van der Waals surface area (Å²) in [6.07, 6.45) is 8.70. The molecular weight excluding hydrogens is 288 g/mol. The van der Waals surface area contributed by atoms with E-state index in [2.05, 4.69) is 6.92 Å². The normalized spacial score (nSPS) is 15.8. The van der Waals surface area contributed by atoms with Gasteiger partial charge in [-0.25, -0.2) is 0 Å². The summed E-state index contributed by atoms with van der Waals surface area (Å²) in [6, 6.07) is 0. The second-order valence-electron chi connectivity index (χ2n) is 6.50. The van der Waals surface area contributed by atoms with Gasteiger partial charge in [0.05, 0.1) is 0 Å². The SMILES string of the molecule is CCCOCCCCCCCCC1=C(C)C(=O)C(C)=C(C)C1=O. The smallest absolute Gasteiger partial charge is 0.185 e. The summed E-state index contributed by atoms with van der Waals surface area (Å²) in [4.78, 5) is 24.4. The highest BCUT2D eigenvalue weighted by Gasteiger charge is 2.26. The van der Waals surface area contributed by atoms with Crippen molar-refractivity contribution in [1.29, 1.82) is 0 Å². The minimum absolute atomic E-state index is 0.0455. The molecule has 0 fully saturated rings. The van der Waals surface area contributed by atoms with Crippen LogP contribution in [0.4, 0.5) is 0 Å². The first-order valence-corrected chi connectivity index (χ1v) is 9.05. The predicted octanol–water partition coefficient (Wildman–Crippen LogP) is 4.95. The number of carbonyl (C=O) groups is 2. The molecule has 1 rings (SSSR count). The quantitative estimate of drug-likeness (QED) is 0.400. The molecule has 3 heteroatoms. The molecule has 0 aromatic heterocycles. The standard InChI is InChI=1S/C20H32O3/c1-5-13-23-14-11-9-7-6-8-10-12-18-17(4)19(21)15(2)16(3)20(18)22/h5-14H2,1-4H3. The molecule has 130 valence electrons. The van der Waals surface area contributed by atoms with Gasteiger partial charge in [-0.3, -0.25) is 9.59 Å². The van der Waals surface area contributed by atoms with Crippen LogP contribution in [0.25, 0.3) is 0 Å². The van der Waals surface area contributed by atoms with Crippen LogP contribution < -0.4 is 0 Å². The molecule has 0 atom stereocenters. The molecule has 0 saturated heterocycles. The van der Waals surface area contributed by atoms with Crippen molar-refractivity contribution in [3.63, 3.8) is 0 Å².